The van der Waals surface area contributed by atoms with Crippen molar-refractivity contribution in [3.8, 4) is 6.07 Å². The topological polar surface area (TPSA) is 27.0 Å². The number of halogens is 1. The number of anilines is 1. The molecule has 2 aromatic rings. The molecule has 0 saturated carbocycles. The lowest BCUT2D eigenvalue weighted by atomic mass is 10.1. The Labute approximate surface area is 118 Å². The van der Waals surface area contributed by atoms with Crippen LogP contribution in [-0.4, -0.2) is 7.05 Å². The van der Waals surface area contributed by atoms with Gasteiger partial charge >= 0.3 is 0 Å². The number of benzene rings is 2. The molecule has 0 aromatic heterocycles. The third kappa shape index (κ3) is 3.07. The van der Waals surface area contributed by atoms with E-state index in [1.807, 2.05) is 56.4 Å². The van der Waals surface area contributed by atoms with Crippen LogP contribution in [0.3, 0.4) is 0 Å². The van der Waals surface area contributed by atoms with E-state index in [2.05, 4.69) is 11.0 Å². The number of aryl methyl sites for hydroxylation is 1. The van der Waals surface area contributed by atoms with Gasteiger partial charge in [-0.25, -0.2) is 0 Å². The lowest BCUT2D eigenvalue weighted by molar-refractivity contribution is 0.922. The average molecular weight is 271 g/mol. The van der Waals surface area contributed by atoms with Crippen LogP contribution in [-0.2, 0) is 6.54 Å². The number of hydrogen-bond donors (Lipinski definition) is 0. The van der Waals surface area contributed by atoms with E-state index in [0.29, 0.717) is 0 Å². The predicted molar refractivity (Wildman–Crippen MR) is 79.5 cm³/mol. The van der Waals surface area contributed by atoms with Crippen LogP contribution in [0.1, 0.15) is 16.7 Å². The van der Waals surface area contributed by atoms with Crippen molar-refractivity contribution >= 4 is 17.3 Å². The van der Waals surface area contributed by atoms with E-state index in [4.69, 9.17) is 16.9 Å². The van der Waals surface area contributed by atoms with E-state index in [-0.39, 0.29) is 0 Å². The molecule has 0 amide bonds. The quantitative estimate of drug-likeness (QED) is 0.837. The van der Waals surface area contributed by atoms with Gasteiger partial charge in [-0.3, -0.25) is 0 Å². The molecule has 2 rings (SSSR count). The molecule has 96 valence electrons. The maximum absolute atomic E-state index is 8.94. The van der Waals surface area contributed by atoms with Crippen molar-refractivity contribution < 1.29 is 0 Å². The number of nitriles is 1. The summed E-state index contributed by atoms with van der Waals surface area (Å²) in [5, 5.41) is 9.72. The Morgan fingerprint density at radius 2 is 1.95 bits per heavy atom. The molecule has 0 aliphatic carbocycles. The van der Waals surface area contributed by atoms with Gasteiger partial charge in [-0.15, -0.1) is 0 Å². The van der Waals surface area contributed by atoms with Gasteiger partial charge in [-0.1, -0.05) is 29.8 Å². The van der Waals surface area contributed by atoms with Crippen LogP contribution in [0.25, 0.3) is 0 Å². The summed E-state index contributed by atoms with van der Waals surface area (Å²) in [5.41, 5.74) is 3.88. The maximum Gasteiger partial charge on any atom is 0.0994 e. The van der Waals surface area contributed by atoms with E-state index in [0.717, 1.165) is 33.9 Å². The van der Waals surface area contributed by atoms with Gasteiger partial charge < -0.3 is 4.90 Å². The van der Waals surface area contributed by atoms with E-state index < -0.39 is 0 Å². The smallest absolute Gasteiger partial charge is 0.0994 e. The second-order valence-corrected chi connectivity index (χ2v) is 4.97. The molecule has 0 aliphatic rings. The molecule has 0 radical (unpaired) electrons. The highest BCUT2D eigenvalue weighted by Crippen LogP contribution is 2.22. The Kier molecular flexibility index (Phi) is 4.09. The van der Waals surface area contributed by atoms with Crippen LogP contribution in [0, 0.1) is 18.3 Å². The van der Waals surface area contributed by atoms with E-state index in [1.54, 1.807) is 0 Å². The fourth-order valence-corrected chi connectivity index (χ4v) is 2.18. The molecule has 0 heterocycles. The summed E-state index contributed by atoms with van der Waals surface area (Å²) in [4.78, 5) is 2.12. The minimum atomic E-state index is 0.717. The van der Waals surface area contributed by atoms with Crippen molar-refractivity contribution in [2.45, 2.75) is 13.5 Å². The van der Waals surface area contributed by atoms with Crippen LogP contribution in [0.5, 0.6) is 0 Å². The van der Waals surface area contributed by atoms with Crippen molar-refractivity contribution in [3.05, 3.63) is 64.2 Å². The Morgan fingerprint density at radius 3 is 2.58 bits per heavy atom. The van der Waals surface area contributed by atoms with E-state index >= 15 is 0 Å². The van der Waals surface area contributed by atoms with Crippen LogP contribution >= 0.6 is 11.6 Å². The largest absolute Gasteiger partial charge is 0.370 e. The van der Waals surface area contributed by atoms with Crippen LogP contribution in [0.15, 0.2) is 42.5 Å². The molecule has 19 heavy (non-hydrogen) atoms. The minimum Gasteiger partial charge on any atom is -0.370 e. The summed E-state index contributed by atoms with van der Waals surface area (Å²) in [5.74, 6) is 0. The van der Waals surface area contributed by atoms with Crippen LogP contribution < -0.4 is 4.90 Å². The predicted octanol–water partition coefficient (Wildman–Crippen LogP) is 4.16. The molecular formula is C16H15ClN2. The zero-order chi connectivity index (χ0) is 13.8. The molecule has 2 nitrogen and oxygen atoms in total. The minimum absolute atomic E-state index is 0.717. The Bertz CT molecular complexity index is 629. The normalized spacial score (nSPS) is 10.0. The highest BCUT2D eigenvalue weighted by atomic mass is 35.5. The summed E-state index contributed by atoms with van der Waals surface area (Å²) in [6.07, 6.45) is 0. The molecule has 0 fully saturated rings. The molecule has 0 spiro atoms. The van der Waals surface area contributed by atoms with Crippen molar-refractivity contribution in [1.82, 2.24) is 0 Å². The number of rotatable bonds is 3. The first-order valence-electron chi connectivity index (χ1n) is 6.07. The zero-order valence-electron chi connectivity index (χ0n) is 11.0. The molecule has 0 unspecified atom stereocenters. The highest BCUT2D eigenvalue weighted by molar-refractivity contribution is 6.31. The molecule has 0 saturated heterocycles. The van der Waals surface area contributed by atoms with Crippen molar-refractivity contribution in [1.29, 1.82) is 5.26 Å². The first kappa shape index (κ1) is 13.5. The van der Waals surface area contributed by atoms with Gasteiger partial charge in [-0.05, 0) is 42.3 Å². The van der Waals surface area contributed by atoms with Crippen LogP contribution in [0.2, 0.25) is 5.02 Å². The highest BCUT2D eigenvalue weighted by Gasteiger charge is 2.06. The molecule has 0 N–H and O–H groups in total. The maximum atomic E-state index is 8.94. The fourth-order valence-electron chi connectivity index (χ4n) is 1.98. The average Bonchev–Trinajstić information content (AvgIpc) is 2.41. The monoisotopic (exact) mass is 270 g/mol. The number of nitrogens with zero attached hydrogens (tertiary/aromatic N) is 2. The van der Waals surface area contributed by atoms with Gasteiger partial charge in [0.1, 0.15) is 0 Å². The van der Waals surface area contributed by atoms with E-state index in [9.17, 15) is 0 Å². The Morgan fingerprint density at radius 1 is 1.21 bits per heavy atom. The SMILES string of the molecule is Cc1cc(N(C)Cc2ccccc2Cl)ccc1C#N. The van der Waals surface area contributed by atoms with Gasteiger partial charge in [-0.2, -0.15) is 5.26 Å². The van der Waals surface area contributed by atoms with Gasteiger partial charge in [0.15, 0.2) is 0 Å². The van der Waals surface area contributed by atoms with Crippen molar-refractivity contribution in [3.63, 3.8) is 0 Å². The fraction of sp³-hybridized carbons (Fsp3) is 0.188. The second kappa shape index (κ2) is 5.77. The summed E-state index contributed by atoms with van der Waals surface area (Å²) in [7, 11) is 2.02. The summed E-state index contributed by atoms with van der Waals surface area (Å²) in [6.45, 7) is 2.69. The Hall–Kier alpha value is -1.98. The zero-order valence-corrected chi connectivity index (χ0v) is 11.8. The first-order chi connectivity index (χ1) is 9.11. The Balaban J connectivity index is 2.21. The first-order valence-corrected chi connectivity index (χ1v) is 6.45. The lowest BCUT2D eigenvalue weighted by Gasteiger charge is -2.20. The van der Waals surface area contributed by atoms with Crippen LogP contribution in [0.4, 0.5) is 5.69 Å². The molecule has 2 aromatic carbocycles. The van der Waals surface area contributed by atoms with Gasteiger partial charge in [0.05, 0.1) is 11.6 Å². The molecule has 0 atom stereocenters. The van der Waals surface area contributed by atoms with Crippen molar-refractivity contribution in [2.24, 2.45) is 0 Å². The summed E-state index contributed by atoms with van der Waals surface area (Å²) < 4.78 is 0. The molecular weight excluding hydrogens is 256 g/mol. The van der Waals surface area contributed by atoms with Gasteiger partial charge in [0.2, 0.25) is 0 Å². The second-order valence-electron chi connectivity index (χ2n) is 4.56. The number of hydrogen-bond acceptors (Lipinski definition) is 2. The lowest BCUT2D eigenvalue weighted by Crippen LogP contribution is -2.16. The third-order valence-electron chi connectivity index (χ3n) is 3.14. The summed E-state index contributed by atoms with van der Waals surface area (Å²) >= 11 is 6.17. The van der Waals surface area contributed by atoms with E-state index in [1.165, 1.54) is 0 Å². The van der Waals surface area contributed by atoms with Gasteiger partial charge in [0.25, 0.3) is 0 Å². The molecule has 3 heteroatoms. The molecule has 0 bridgehead atoms. The van der Waals surface area contributed by atoms with Crippen molar-refractivity contribution in [2.75, 3.05) is 11.9 Å². The molecule has 0 aliphatic heterocycles. The van der Waals surface area contributed by atoms with Gasteiger partial charge in [0, 0.05) is 24.3 Å². The third-order valence-corrected chi connectivity index (χ3v) is 3.51. The summed E-state index contributed by atoms with van der Waals surface area (Å²) in [6, 6.07) is 15.9. The standard InChI is InChI=1S/C16H15ClN2/c1-12-9-15(8-7-13(12)10-18)19(2)11-14-5-3-4-6-16(14)17/h3-9H,11H2,1-2H3.